The molecule has 0 unspecified atom stereocenters. The van der Waals surface area contributed by atoms with Gasteiger partial charge in [-0.05, 0) is 35.1 Å². The van der Waals surface area contributed by atoms with Crippen molar-refractivity contribution in [3.05, 3.63) is 70.8 Å². The molecule has 0 aromatic heterocycles. The van der Waals surface area contributed by atoms with Crippen molar-refractivity contribution in [1.82, 2.24) is 5.32 Å². The SMILES string of the molecule is CC[C@]12N[C@H](Cc3ccccc31)c1ccccc12. The van der Waals surface area contributed by atoms with Gasteiger partial charge < -0.3 is 0 Å². The van der Waals surface area contributed by atoms with E-state index in [9.17, 15) is 0 Å². The molecule has 2 aliphatic heterocycles. The minimum Gasteiger partial charge on any atom is -0.296 e. The fraction of sp³-hybridized carbons (Fsp3) is 0.294. The summed E-state index contributed by atoms with van der Waals surface area (Å²) in [7, 11) is 0. The van der Waals surface area contributed by atoms with E-state index in [1.54, 1.807) is 0 Å². The van der Waals surface area contributed by atoms with Crippen LogP contribution in [0.1, 0.15) is 41.6 Å². The van der Waals surface area contributed by atoms with E-state index in [2.05, 4.69) is 60.8 Å². The molecule has 0 amide bonds. The molecule has 2 aromatic rings. The molecule has 0 saturated heterocycles. The van der Waals surface area contributed by atoms with Crippen molar-refractivity contribution in [2.24, 2.45) is 0 Å². The Bertz CT molecular complexity index is 604. The minimum atomic E-state index is 0.0517. The summed E-state index contributed by atoms with van der Waals surface area (Å²) in [6.45, 7) is 2.29. The van der Waals surface area contributed by atoms with Crippen molar-refractivity contribution >= 4 is 0 Å². The van der Waals surface area contributed by atoms with E-state index < -0.39 is 0 Å². The highest BCUT2D eigenvalue weighted by atomic mass is 15.1. The molecule has 0 saturated carbocycles. The Labute approximate surface area is 108 Å². The smallest absolute Gasteiger partial charge is 0.0698 e. The highest BCUT2D eigenvalue weighted by Crippen LogP contribution is 2.49. The second-order valence-corrected chi connectivity index (χ2v) is 5.40. The second kappa shape index (κ2) is 3.46. The van der Waals surface area contributed by atoms with Gasteiger partial charge in [0.05, 0.1) is 5.54 Å². The van der Waals surface area contributed by atoms with Crippen LogP contribution in [0.5, 0.6) is 0 Å². The summed E-state index contributed by atoms with van der Waals surface area (Å²) in [5.74, 6) is 0. The van der Waals surface area contributed by atoms with Crippen LogP contribution in [0.25, 0.3) is 0 Å². The molecule has 2 bridgehead atoms. The van der Waals surface area contributed by atoms with Crippen molar-refractivity contribution in [2.45, 2.75) is 31.3 Å². The molecule has 2 heterocycles. The first kappa shape index (κ1) is 10.3. The zero-order valence-corrected chi connectivity index (χ0v) is 10.6. The van der Waals surface area contributed by atoms with Crippen LogP contribution in [0, 0.1) is 0 Å². The molecule has 1 nitrogen and oxygen atoms in total. The molecule has 2 atom stereocenters. The number of hydrogen-bond acceptors (Lipinski definition) is 1. The van der Waals surface area contributed by atoms with Crippen LogP contribution in [0.4, 0.5) is 0 Å². The molecule has 0 fully saturated rings. The summed E-state index contributed by atoms with van der Waals surface area (Å²) < 4.78 is 0. The molecule has 4 rings (SSSR count). The maximum Gasteiger partial charge on any atom is 0.0698 e. The van der Waals surface area contributed by atoms with Crippen LogP contribution >= 0.6 is 0 Å². The van der Waals surface area contributed by atoms with Gasteiger partial charge in [-0.3, -0.25) is 5.32 Å². The van der Waals surface area contributed by atoms with Crippen molar-refractivity contribution in [3.63, 3.8) is 0 Å². The van der Waals surface area contributed by atoms with Gasteiger partial charge in [-0.2, -0.15) is 0 Å². The fourth-order valence-corrected chi connectivity index (χ4v) is 3.84. The molecule has 90 valence electrons. The zero-order valence-electron chi connectivity index (χ0n) is 10.6. The number of rotatable bonds is 1. The average Bonchev–Trinajstić information content (AvgIpc) is 2.71. The largest absolute Gasteiger partial charge is 0.296 e. The van der Waals surface area contributed by atoms with Gasteiger partial charge in [0.15, 0.2) is 0 Å². The quantitative estimate of drug-likeness (QED) is 0.797. The van der Waals surface area contributed by atoms with Gasteiger partial charge in [0.2, 0.25) is 0 Å². The molecule has 1 heteroatoms. The highest BCUT2D eigenvalue weighted by Gasteiger charge is 2.47. The monoisotopic (exact) mass is 235 g/mol. The van der Waals surface area contributed by atoms with Crippen molar-refractivity contribution in [1.29, 1.82) is 0 Å². The number of nitrogens with one attached hydrogen (secondary N) is 1. The summed E-state index contributed by atoms with van der Waals surface area (Å²) in [4.78, 5) is 0. The molecule has 0 spiro atoms. The van der Waals surface area contributed by atoms with Crippen LogP contribution in [-0.4, -0.2) is 0 Å². The Morgan fingerprint density at radius 3 is 2.61 bits per heavy atom. The lowest BCUT2D eigenvalue weighted by atomic mass is 9.79. The van der Waals surface area contributed by atoms with Crippen molar-refractivity contribution in [3.8, 4) is 0 Å². The Balaban J connectivity index is 2.05. The lowest BCUT2D eigenvalue weighted by Gasteiger charge is -2.37. The molecule has 2 aromatic carbocycles. The number of hydrogen-bond donors (Lipinski definition) is 1. The molecular weight excluding hydrogens is 218 g/mol. The number of fused-ring (bicyclic) bond motifs is 7. The molecule has 2 aliphatic rings. The Morgan fingerprint density at radius 1 is 1.06 bits per heavy atom. The van der Waals surface area contributed by atoms with E-state index in [0.29, 0.717) is 6.04 Å². The maximum absolute atomic E-state index is 3.88. The Kier molecular flexibility index (Phi) is 1.98. The van der Waals surface area contributed by atoms with Crippen LogP contribution in [0.2, 0.25) is 0 Å². The van der Waals surface area contributed by atoms with E-state index in [4.69, 9.17) is 0 Å². The van der Waals surface area contributed by atoms with Crippen molar-refractivity contribution < 1.29 is 0 Å². The molecule has 0 radical (unpaired) electrons. The van der Waals surface area contributed by atoms with Gasteiger partial charge >= 0.3 is 0 Å². The van der Waals surface area contributed by atoms with Gasteiger partial charge in [0.1, 0.15) is 0 Å². The van der Waals surface area contributed by atoms with Crippen LogP contribution in [0.15, 0.2) is 48.5 Å². The van der Waals surface area contributed by atoms with E-state index >= 15 is 0 Å². The first-order valence-corrected chi connectivity index (χ1v) is 6.80. The summed E-state index contributed by atoms with van der Waals surface area (Å²) >= 11 is 0. The summed E-state index contributed by atoms with van der Waals surface area (Å²) in [6.07, 6.45) is 2.23. The third-order valence-corrected chi connectivity index (χ3v) is 4.65. The first-order valence-electron chi connectivity index (χ1n) is 6.80. The standard InChI is InChI=1S/C17H17N/c1-2-17-14-9-5-3-7-12(14)11-16(18-17)13-8-4-6-10-15(13)17/h3-10,16,18H,2,11H2,1H3/t16-,17+/m1/s1. The predicted molar refractivity (Wildman–Crippen MR) is 73.5 cm³/mol. The molecule has 0 aliphatic carbocycles. The molecule has 1 N–H and O–H groups in total. The fourth-order valence-electron chi connectivity index (χ4n) is 3.84. The van der Waals surface area contributed by atoms with Crippen LogP contribution in [-0.2, 0) is 12.0 Å². The first-order chi connectivity index (χ1) is 8.85. The van der Waals surface area contributed by atoms with Crippen molar-refractivity contribution in [2.75, 3.05) is 0 Å². The normalized spacial score (nSPS) is 27.7. The van der Waals surface area contributed by atoms with Crippen LogP contribution in [0.3, 0.4) is 0 Å². The highest BCUT2D eigenvalue weighted by molar-refractivity contribution is 5.54. The summed E-state index contributed by atoms with van der Waals surface area (Å²) in [5, 5.41) is 3.88. The van der Waals surface area contributed by atoms with Gasteiger partial charge in [0, 0.05) is 6.04 Å². The van der Waals surface area contributed by atoms with Gasteiger partial charge in [-0.15, -0.1) is 0 Å². The Hall–Kier alpha value is -1.60. The zero-order chi connectivity index (χ0) is 12.2. The minimum absolute atomic E-state index is 0.0517. The summed E-state index contributed by atoms with van der Waals surface area (Å²) in [6, 6.07) is 18.3. The van der Waals surface area contributed by atoms with E-state index in [1.807, 2.05) is 0 Å². The van der Waals surface area contributed by atoms with E-state index in [-0.39, 0.29) is 5.54 Å². The Morgan fingerprint density at radius 2 is 1.78 bits per heavy atom. The van der Waals surface area contributed by atoms with E-state index in [0.717, 1.165) is 12.8 Å². The van der Waals surface area contributed by atoms with Gasteiger partial charge in [-0.1, -0.05) is 55.5 Å². The maximum atomic E-state index is 3.88. The molecule has 18 heavy (non-hydrogen) atoms. The molecular formula is C17H17N. The third-order valence-electron chi connectivity index (χ3n) is 4.65. The van der Waals surface area contributed by atoms with Crippen LogP contribution < -0.4 is 5.32 Å². The summed E-state index contributed by atoms with van der Waals surface area (Å²) in [5.41, 5.74) is 6.03. The second-order valence-electron chi connectivity index (χ2n) is 5.40. The lowest BCUT2D eigenvalue weighted by molar-refractivity contribution is 0.350. The van der Waals surface area contributed by atoms with Gasteiger partial charge in [0.25, 0.3) is 0 Å². The average molecular weight is 235 g/mol. The lowest BCUT2D eigenvalue weighted by Crippen LogP contribution is -2.43. The predicted octanol–water partition coefficient (Wildman–Crippen LogP) is 3.54. The topological polar surface area (TPSA) is 12.0 Å². The van der Waals surface area contributed by atoms with E-state index in [1.165, 1.54) is 22.3 Å². The number of benzene rings is 2. The van der Waals surface area contributed by atoms with Gasteiger partial charge in [-0.25, -0.2) is 0 Å². The third kappa shape index (κ3) is 1.10.